The number of hydrogen-bond acceptors (Lipinski definition) is 3. The fraction of sp³-hybridized carbons (Fsp3) is 0.286. The van der Waals surface area contributed by atoms with Gasteiger partial charge in [-0.25, -0.2) is 4.39 Å². The second-order valence-electron chi connectivity index (χ2n) is 4.70. The number of hydrogen-bond donors (Lipinski definition) is 1. The number of benzene rings is 1. The maximum absolute atomic E-state index is 13.7. The summed E-state index contributed by atoms with van der Waals surface area (Å²) in [4.78, 5) is 10.3. The standard InChI is InChI=1S/C14H16FN3O2/c1-9-7-11(10(2)17(9)3)8-16-14-12(15)5-4-6-13(14)18(19)20/h4-7,16H,8H2,1-3H3. The lowest BCUT2D eigenvalue weighted by atomic mass is 10.2. The van der Waals surface area contributed by atoms with Gasteiger partial charge in [-0.1, -0.05) is 6.07 Å². The molecule has 1 aromatic carbocycles. The molecule has 5 nitrogen and oxygen atoms in total. The van der Waals surface area contributed by atoms with Crippen molar-refractivity contribution in [1.82, 2.24) is 4.57 Å². The predicted octanol–water partition coefficient (Wildman–Crippen LogP) is 3.30. The van der Waals surface area contributed by atoms with Gasteiger partial charge in [0.25, 0.3) is 5.69 Å². The van der Waals surface area contributed by atoms with Crippen LogP contribution in [0.3, 0.4) is 0 Å². The molecule has 20 heavy (non-hydrogen) atoms. The summed E-state index contributed by atoms with van der Waals surface area (Å²) in [5, 5.41) is 13.7. The zero-order valence-corrected chi connectivity index (χ0v) is 11.6. The molecule has 0 bridgehead atoms. The van der Waals surface area contributed by atoms with Crippen molar-refractivity contribution in [2.24, 2.45) is 7.05 Å². The van der Waals surface area contributed by atoms with E-state index in [9.17, 15) is 14.5 Å². The number of para-hydroxylation sites is 1. The van der Waals surface area contributed by atoms with Crippen molar-refractivity contribution in [3.8, 4) is 0 Å². The summed E-state index contributed by atoms with van der Waals surface area (Å²) >= 11 is 0. The minimum absolute atomic E-state index is 0.0709. The fourth-order valence-electron chi connectivity index (χ4n) is 2.14. The molecule has 0 unspecified atom stereocenters. The number of rotatable bonds is 4. The lowest BCUT2D eigenvalue weighted by Crippen LogP contribution is -2.05. The summed E-state index contributed by atoms with van der Waals surface area (Å²) in [6.07, 6.45) is 0. The highest BCUT2D eigenvalue weighted by atomic mass is 19.1. The van der Waals surface area contributed by atoms with Crippen LogP contribution in [0.25, 0.3) is 0 Å². The van der Waals surface area contributed by atoms with Crippen LogP contribution in [0.2, 0.25) is 0 Å². The van der Waals surface area contributed by atoms with E-state index in [1.165, 1.54) is 18.2 Å². The molecular formula is C14H16FN3O2. The van der Waals surface area contributed by atoms with Crippen molar-refractivity contribution >= 4 is 11.4 Å². The van der Waals surface area contributed by atoms with E-state index in [0.29, 0.717) is 6.54 Å². The van der Waals surface area contributed by atoms with Gasteiger partial charge in [-0.2, -0.15) is 0 Å². The van der Waals surface area contributed by atoms with E-state index < -0.39 is 10.7 Å². The maximum atomic E-state index is 13.7. The molecular weight excluding hydrogens is 261 g/mol. The summed E-state index contributed by atoms with van der Waals surface area (Å²) in [6, 6.07) is 5.80. The molecule has 0 aliphatic carbocycles. The summed E-state index contributed by atoms with van der Waals surface area (Å²) in [5.41, 5.74) is 2.80. The van der Waals surface area contributed by atoms with E-state index in [1.807, 2.05) is 31.5 Å². The fourth-order valence-corrected chi connectivity index (χ4v) is 2.14. The molecule has 2 rings (SSSR count). The van der Waals surface area contributed by atoms with E-state index in [1.54, 1.807) is 0 Å². The van der Waals surface area contributed by atoms with Crippen LogP contribution in [-0.2, 0) is 13.6 Å². The van der Waals surface area contributed by atoms with Crippen LogP contribution >= 0.6 is 0 Å². The van der Waals surface area contributed by atoms with Crippen LogP contribution in [0.1, 0.15) is 17.0 Å². The summed E-state index contributed by atoms with van der Waals surface area (Å²) in [5.74, 6) is -0.621. The minimum atomic E-state index is -0.621. The predicted molar refractivity (Wildman–Crippen MR) is 75.3 cm³/mol. The topological polar surface area (TPSA) is 60.1 Å². The Morgan fingerprint density at radius 1 is 1.40 bits per heavy atom. The van der Waals surface area contributed by atoms with Gasteiger partial charge in [-0.3, -0.25) is 10.1 Å². The van der Waals surface area contributed by atoms with Crippen LogP contribution in [0.15, 0.2) is 24.3 Å². The average molecular weight is 277 g/mol. The van der Waals surface area contributed by atoms with Gasteiger partial charge < -0.3 is 9.88 Å². The molecule has 2 aromatic rings. The maximum Gasteiger partial charge on any atom is 0.295 e. The van der Waals surface area contributed by atoms with E-state index in [-0.39, 0.29) is 11.4 Å². The van der Waals surface area contributed by atoms with Crippen molar-refractivity contribution in [1.29, 1.82) is 0 Å². The Balaban J connectivity index is 2.27. The smallest absolute Gasteiger partial charge is 0.295 e. The molecule has 0 amide bonds. The molecule has 6 heteroatoms. The first-order chi connectivity index (χ1) is 9.41. The summed E-state index contributed by atoms with van der Waals surface area (Å²) in [6.45, 7) is 4.27. The van der Waals surface area contributed by atoms with Crippen LogP contribution in [-0.4, -0.2) is 9.49 Å². The highest BCUT2D eigenvalue weighted by Crippen LogP contribution is 2.28. The van der Waals surface area contributed by atoms with Crippen molar-refractivity contribution in [2.45, 2.75) is 20.4 Å². The number of anilines is 1. The average Bonchev–Trinajstić information content (AvgIpc) is 2.64. The number of nitrogens with zero attached hydrogens (tertiary/aromatic N) is 2. The van der Waals surface area contributed by atoms with Gasteiger partial charge in [0, 0.05) is 31.0 Å². The molecule has 1 aromatic heterocycles. The van der Waals surface area contributed by atoms with Gasteiger partial charge >= 0.3 is 0 Å². The molecule has 1 N–H and O–H groups in total. The lowest BCUT2D eigenvalue weighted by Gasteiger charge is -2.08. The normalized spacial score (nSPS) is 10.6. The quantitative estimate of drug-likeness (QED) is 0.689. The Labute approximate surface area is 116 Å². The zero-order chi connectivity index (χ0) is 14.9. The number of nitrogens with one attached hydrogen (secondary N) is 1. The third-order valence-corrected chi connectivity index (χ3v) is 3.52. The number of aromatic nitrogens is 1. The first-order valence-corrected chi connectivity index (χ1v) is 6.20. The second kappa shape index (κ2) is 5.32. The van der Waals surface area contributed by atoms with Crippen molar-refractivity contribution in [2.75, 3.05) is 5.32 Å². The number of aryl methyl sites for hydroxylation is 1. The minimum Gasteiger partial charge on any atom is -0.373 e. The second-order valence-corrected chi connectivity index (χ2v) is 4.70. The van der Waals surface area contributed by atoms with E-state index in [4.69, 9.17) is 0 Å². The molecule has 106 valence electrons. The van der Waals surface area contributed by atoms with Gasteiger partial charge in [0.15, 0.2) is 5.82 Å². The van der Waals surface area contributed by atoms with Crippen molar-refractivity contribution in [3.05, 3.63) is 57.1 Å². The molecule has 0 aliphatic heterocycles. The Kier molecular flexibility index (Phi) is 3.74. The molecule has 0 fully saturated rings. The number of nitro benzene ring substituents is 1. The Morgan fingerprint density at radius 3 is 2.65 bits per heavy atom. The largest absolute Gasteiger partial charge is 0.373 e. The number of halogens is 1. The van der Waals surface area contributed by atoms with Crippen molar-refractivity contribution < 1.29 is 9.31 Å². The molecule has 0 atom stereocenters. The first-order valence-electron chi connectivity index (χ1n) is 6.20. The summed E-state index contributed by atoms with van der Waals surface area (Å²) < 4.78 is 15.7. The SMILES string of the molecule is Cc1cc(CNc2c(F)cccc2[N+](=O)[O-])c(C)n1C. The Bertz CT molecular complexity index is 665. The highest BCUT2D eigenvalue weighted by molar-refractivity contribution is 5.62. The molecule has 1 heterocycles. The van der Waals surface area contributed by atoms with Crippen molar-refractivity contribution in [3.63, 3.8) is 0 Å². The molecule has 0 aliphatic rings. The molecule has 0 saturated carbocycles. The summed E-state index contributed by atoms with van der Waals surface area (Å²) in [7, 11) is 1.94. The van der Waals surface area contributed by atoms with Crippen LogP contribution in [0.4, 0.5) is 15.8 Å². The molecule has 0 radical (unpaired) electrons. The van der Waals surface area contributed by atoms with Gasteiger partial charge in [0.1, 0.15) is 5.69 Å². The van der Waals surface area contributed by atoms with Crippen LogP contribution in [0.5, 0.6) is 0 Å². The first kappa shape index (κ1) is 14.0. The van der Waals surface area contributed by atoms with E-state index >= 15 is 0 Å². The van der Waals surface area contributed by atoms with E-state index in [2.05, 4.69) is 5.32 Å². The zero-order valence-electron chi connectivity index (χ0n) is 11.6. The third-order valence-electron chi connectivity index (χ3n) is 3.52. The molecule has 0 spiro atoms. The van der Waals surface area contributed by atoms with Crippen LogP contribution in [0, 0.1) is 29.8 Å². The van der Waals surface area contributed by atoms with Gasteiger partial charge in [-0.05, 0) is 31.5 Å². The monoisotopic (exact) mass is 277 g/mol. The van der Waals surface area contributed by atoms with E-state index in [0.717, 1.165) is 17.0 Å². The van der Waals surface area contributed by atoms with Gasteiger partial charge in [0.2, 0.25) is 0 Å². The third kappa shape index (κ3) is 2.49. The Morgan fingerprint density at radius 2 is 2.10 bits per heavy atom. The number of nitro groups is 1. The van der Waals surface area contributed by atoms with Gasteiger partial charge in [0.05, 0.1) is 4.92 Å². The highest BCUT2D eigenvalue weighted by Gasteiger charge is 2.18. The van der Waals surface area contributed by atoms with Gasteiger partial charge in [-0.15, -0.1) is 0 Å². The molecule has 0 saturated heterocycles. The Hall–Kier alpha value is -2.37. The lowest BCUT2D eigenvalue weighted by molar-refractivity contribution is -0.384. The van der Waals surface area contributed by atoms with Crippen LogP contribution < -0.4 is 5.32 Å².